The van der Waals surface area contributed by atoms with Crippen LogP contribution in [0.3, 0.4) is 0 Å². The van der Waals surface area contributed by atoms with E-state index in [-0.39, 0.29) is 47.8 Å². The molecule has 1 amide bonds. The van der Waals surface area contributed by atoms with E-state index >= 15 is 0 Å². The van der Waals surface area contributed by atoms with E-state index in [9.17, 15) is 32.3 Å². The number of aliphatic carboxylic acids is 1. The summed E-state index contributed by atoms with van der Waals surface area (Å²) in [5, 5.41) is 26.2. The molecule has 2 aliphatic rings. The smallest absolute Gasteiger partial charge is 0.451 e. The van der Waals surface area contributed by atoms with E-state index in [2.05, 4.69) is 25.9 Å². The zero-order chi connectivity index (χ0) is 34.4. The van der Waals surface area contributed by atoms with Gasteiger partial charge in [0.25, 0.3) is 10.9 Å². The number of carboxylic acid groups (broad SMARTS) is 1. The van der Waals surface area contributed by atoms with Crippen molar-refractivity contribution < 1.29 is 27.9 Å². The highest BCUT2D eigenvalue weighted by Crippen LogP contribution is 2.34. The maximum Gasteiger partial charge on any atom is 0.451 e. The van der Waals surface area contributed by atoms with Crippen molar-refractivity contribution in [3.63, 3.8) is 0 Å². The Morgan fingerprint density at radius 2 is 1.58 bits per heavy atom. The summed E-state index contributed by atoms with van der Waals surface area (Å²) in [6, 6.07) is 9.89. The highest BCUT2D eigenvalue weighted by atomic mass is 19.4. The summed E-state index contributed by atoms with van der Waals surface area (Å²) in [6.45, 7) is 2.00. The average Bonchev–Trinajstić information content (AvgIpc) is 3.04. The van der Waals surface area contributed by atoms with Crippen LogP contribution in [-0.4, -0.2) is 72.3 Å². The lowest BCUT2D eigenvalue weighted by atomic mass is 9.93. The molecule has 4 N–H and O–H groups in total. The number of nitrogens with one attached hydrogen (secondary N) is 3. The fourth-order valence-electron chi connectivity index (χ4n) is 5.86. The lowest BCUT2D eigenvalue weighted by Crippen LogP contribution is -2.57. The second kappa shape index (κ2) is 14.7. The quantitative estimate of drug-likeness (QED) is 0.185. The largest absolute Gasteiger partial charge is 0.481 e. The molecule has 2 aromatic carbocycles. The minimum absolute atomic E-state index is 0.0146. The Bertz CT molecular complexity index is 1740. The summed E-state index contributed by atoms with van der Waals surface area (Å²) < 4.78 is 41.6. The van der Waals surface area contributed by atoms with Crippen LogP contribution in [0.2, 0.25) is 0 Å². The van der Waals surface area contributed by atoms with Crippen LogP contribution in [0.1, 0.15) is 49.1 Å². The van der Waals surface area contributed by atoms with Crippen LogP contribution in [0, 0.1) is 17.2 Å². The highest BCUT2D eigenvalue weighted by Gasteiger charge is 2.40. The number of hydrogen-bond donors (Lipinski definition) is 4. The second-order valence-corrected chi connectivity index (χ2v) is 11.9. The SMILES string of the molecule is N#Cc1ccc(CCNC(=O)[C@@H]2CCN2c2cc(N3CCC(CCNc4c(NCCC(=O)O)c(=O)c4=O)CC3)nc(C(F)(F)F)n2)cc1. The fourth-order valence-corrected chi connectivity index (χ4v) is 5.86. The van der Waals surface area contributed by atoms with Crippen LogP contribution < -0.4 is 36.6 Å². The van der Waals surface area contributed by atoms with Gasteiger partial charge in [-0.15, -0.1) is 0 Å². The van der Waals surface area contributed by atoms with Crippen molar-refractivity contribution in [2.75, 3.05) is 59.7 Å². The molecule has 254 valence electrons. The first-order valence-corrected chi connectivity index (χ1v) is 15.7. The number of carbonyl (C=O) groups is 2. The highest BCUT2D eigenvalue weighted by molar-refractivity contribution is 5.86. The molecule has 0 unspecified atom stereocenters. The molecule has 2 fully saturated rings. The first kappa shape index (κ1) is 34.1. The fraction of sp³-hybridized carbons (Fsp3) is 0.469. The molecule has 0 saturated carbocycles. The molecule has 3 aromatic rings. The van der Waals surface area contributed by atoms with Crippen molar-refractivity contribution in [3.05, 3.63) is 67.7 Å². The number of nitriles is 1. The Labute approximate surface area is 273 Å². The second-order valence-electron chi connectivity index (χ2n) is 11.9. The first-order chi connectivity index (χ1) is 22.9. The molecule has 16 heteroatoms. The summed E-state index contributed by atoms with van der Waals surface area (Å²) >= 11 is 0. The van der Waals surface area contributed by atoms with Gasteiger partial charge >= 0.3 is 12.1 Å². The van der Waals surface area contributed by atoms with E-state index in [1.807, 2.05) is 6.07 Å². The maximum atomic E-state index is 13.9. The van der Waals surface area contributed by atoms with Gasteiger partial charge in [-0.05, 0) is 55.7 Å². The van der Waals surface area contributed by atoms with Gasteiger partial charge in [0, 0.05) is 45.3 Å². The number of piperidine rings is 1. The number of rotatable bonds is 14. The van der Waals surface area contributed by atoms with Crippen LogP contribution in [0.4, 0.5) is 36.2 Å². The Hall–Kier alpha value is -5.20. The number of halogens is 3. The van der Waals surface area contributed by atoms with E-state index in [4.69, 9.17) is 10.4 Å². The van der Waals surface area contributed by atoms with Gasteiger partial charge in [-0.3, -0.25) is 19.2 Å². The summed E-state index contributed by atoms with van der Waals surface area (Å²) in [4.78, 5) is 58.4. The molecule has 3 heterocycles. The molecule has 0 radical (unpaired) electrons. The Balaban J connectivity index is 1.15. The van der Waals surface area contributed by atoms with Gasteiger partial charge in [-0.25, -0.2) is 9.97 Å². The molecule has 48 heavy (non-hydrogen) atoms. The van der Waals surface area contributed by atoms with Gasteiger partial charge in [0.1, 0.15) is 29.1 Å². The Morgan fingerprint density at radius 1 is 0.938 bits per heavy atom. The molecule has 0 bridgehead atoms. The van der Waals surface area contributed by atoms with Gasteiger partial charge < -0.3 is 30.9 Å². The molecule has 1 aromatic heterocycles. The van der Waals surface area contributed by atoms with Crippen LogP contribution in [0.5, 0.6) is 0 Å². The van der Waals surface area contributed by atoms with Crippen molar-refractivity contribution in [2.24, 2.45) is 5.92 Å². The number of benzene rings is 1. The van der Waals surface area contributed by atoms with E-state index in [1.165, 1.54) is 6.07 Å². The van der Waals surface area contributed by atoms with Gasteiger partial charge in [0.05, 0.1) is 18.1 Å². The Kier molecular flexibility index (Phi) is 10.5. The third-order valence-corrected chi connectivity index (χ3v) is 8.71. The van der Waals surface area contributed by atoms with Crippen molar-refractivity contribution >= 4 is 34.9 Å². The molecular weight excluding hydrogens is 633 g/mol. The van der Waals surface area contributed by atoms with Crippen LogP contribution in [0.25, 0.3) is 0 Å². The number of carboxylic acids is 1. The van der Waals surface area contributed by atoms with Crippen molar-refractivity contribution in [2.45, 2.75) is 50.7 Å². The predicted molar refractivity (Wildman–Crippen MR) is 171 cm³/mol. The maximum absolute atomic E-state index is 13.9. The molecular formula is C32H35F3N8O5. The number of alkyl halides is 3. The first-order valence-electron chi connectivity index (χ1n) is 15.7. The minimum atomic E-state index is -4.78. The zero-order valence-electron chi connectivity index (χ0n) is 26.0. The molecule has 5 rings (SSSR count). The van der Waals surface area contributed by atoms with Crippen LogP contribution in [-0.2, 0) is 22.2 Å². The van der Waals surface area contributed by atoms with Crippen LogP contribution in [0.15, 0.2) is 39.9 Å². The molecule has 2 aliphatic heterocycles. The lowest BCUT2D eigenvalue weighted by Gasteiger charge is -2.41. The average molecular weight is 669 g/mol. The summed E-state index contributed by atoms with van der Waals surface area (Å²) in [7, 11) is 0. The van der Waals surface area contributed by atoms with Crippen molar-refractivity contribution in [3.8, 4) is 6.07 Å². The third kappa shape index (κ3) is 8.01. The van der Waals surface area contributed by atoms with E-state index in [1.54, 1.807) is 34.1 Å². The molecule has 1 atom stereocenters. The number of amides is 1. The molecule has 13 nitrogen and oxygen atoms in total. The standard InChI is InChI=1S/C32H35F3N8O5/c33-32(34,35)31-40-23(17-24(41-31)43-16-10-22(43)30(48)39-12-6-19-1-3-21(18-36)4-2-19)42-14-8-20(9-15-42)5-11-37-26-27(29(47)28(26)46)38-13-7-25(44)45/h1-4,17,20,22,37-38H,5-16H2,(H,39,48)(H,44,45)/t22-/m0/s1. The van der Waals surface area contributed by atoms with Crippen molar-refractivity contribution in [1.82, 2.24) is 15.3 Å². The van der Waals surface area contributed by atoms with E-state index in [0.717, 1.165) is 5.56 Å². The third-order valence-electron chi connectivity index (χ3n) is 8.71. The summed E-state index contributed by atoms with van der Waals surface area (Å²) in [6.07, 6.45) is -2.01. The monoisotopic (exact) mass is 668 g/mol. The van der Waals surface area contributed by atoms with Crippen molar-refractivity contribution in [1.29, 1.82) is 5.26 Å². The number of carbonyl (C=O) groups excluding carboxylic acids is 1. The van der Waals surface area contributed by atoms with E-state index in [0.29, 0.717) is 70.4 Å². The molecule has 0 spiro atoms. The van der Waals surface area contributed by atoms with E-state index < -0.39 is 34.9 Å². The van der Waals surface area contributed by atoms with Gasteiger partial charge in [0.2, 0.25) is 11.7 Å². The van der Waals surface area contributed by atoms with Gasteiger partial charge in [-0.1, -0.05) is 12.1 Å². The Morgan fingerprint density at radius 3 is 2.17 bits per heavy atom. The normalized spacial score (nSPS) is 16.7. The van der Waals surface area contributed by atoms with Gasteiger partial charge in [0.15, 0.2) is 0 Å². The van der Waals surface area contributed by atoms with Gasteiger partial charge in [-0.2, -0.15) is 18.4 Å². The number of hydrogen-bond acceptors (Lipinski definition) is 11. The zero-order valence-corrected chi connectivity index (χ0v) is 26.0. The predicted octanol–water partition coefficient (Wildman–Crippen LogP) is 2.51. The number of anilines is 4. The molecule has 0 aliphatic carbocycles. The number of nitrogens with zero attached hydrogens (tertiary/aromatic N) is 5. The van der Waals surface area contributed by atoms with Crippen LogP contribution >= 0.6 is 0 Å². The molecule has 2 saturated heterocycles. The number of aromatic nitrogens is 2. The summed E-state index contributed by atoms with van der Waals surface area (Å²) in [5.41, 5.74) is 0.347. The topological polar surface area (TPSA) is 181 Å². The lowest BCUT2D eigenvalue weighted by molar-refractivity contribution is -0.144. The minimum Gasteiger partial charge on any atom is -0.481 e. The summed E-state index contributed by atoms with van der Waals surface area (Å²) in [5.74, 6) is -2.22.